The van der Waals surface area contributed by atoms with Gasteiger partial charge in [-0.05, 0) is 30.7 Å². The zero-order chi connectivity index (χ0) is 20.9. The molecule has 1 aliphatic heterocycles. The van der Waals surface area contributed by atoms with Gasteiger partial charge in [0.25, 0.3) is 11.8 Å². The van der Waals surface area contributed by atoms with Crippen molar-refractivity contribution in [1.82, 2.24) is 25.7 Å². The Hall–Kier alpha value is -3.10. The number of rotatable bonds is 4. The molecule has 0 unspecified atom stereocenters. The molecule has 1 fully saturated rings. The van der Waals surface area contributed by atoms with Crippen molar-refractivity contribution in [2.75, 3.05) is 37.6 Å². The van der Waals surface area contributed by atoms with E-state index in [0.29, 0.717) is 10.6 Å². The number of hydrazine groups is 1. The Labute approximate surface area is 179 Å². The molecule has 2 heterocycles. The van der Waals surface area contributed by atoms with Crippen LogP contribution in [0, 0.1) is 0 Å². The monoisotopic (exact) mass is 426 g/mol. The molecular weight excluding hydrogens is 404 g/mol. The minimum Gasteiger partial charge on any atom is -0.341 e. The van der Waals surface area contributed by atoms with Gasteiger partial charge < -0.3 is 9.88 Å². The molecule has 9 heteroatoms. The van der Waals surface area contributed by atoms with Gasteiger partial charge in [0.05, 0.1) is 28.2 Å². The van der Waals surface area contributed by atoms with Gasteiger partial charge >= 0.3 is 0 Å². The highest BCUT2D eigenvalue weighted by molar-refractivity contribution is 6.33. The van der Waals surface area contributed by atoms with Crippen molar-refractivity contribution in [2.45, 2.75) is 6.42 Å². The number of benzene rings is 2. The quantitative estimate of drug-likeness (QED) is 0.556. The van der Waals surface area contributed by atoms with Crippen LogP contribution in [0.4, 0.5) is 5.95 Å². The standard InChI is InChI=1S/C21H23ClN6O2/c22-16-7-2-1-6-15(16)20(30)26-25-19(29)14-27-10-5-11-28(13-12-27)21-23-17-8-3-4-9-18(17)24-21/h1-4,6-9H,5,10-14H2,(H,23,24)(H,25,29)(H,26,30). The summed E-state index contributed by atoms with van der Waals surface area (Å²) in [7, 11) is 0. The predicted molar refractivity (Wildman–Crippen MR) is 116 cm³/mol. The number of hydrogen-bond donors (Lipinski definition) is 3. The SMILES string of the molecule is O=C(CN1CCCN(c2nc3ccccc3[nH]2)CC1)NNC(=O)c1ccccc1Cl. The molecule has 0 radical (unpaired) electrons. The fraction of sp³-hybridized carbons (Fsp3) is 0.286. The van der Waals surface area contributed by atoms with Crippen LogP contribution in [0.15, 0.2) is 48.5 Å². The van der Waals surface area contributed by atoms with Crippen molar-refractivity contribution in [2.24, 2.45) is 0 Å². The Morgan fingerprint density at radius 1 is 1.00 bits per heavy atom. The molecule has 1 saturated heterocycles. The average molecular weight is 427 g/mol. The van der Waals surface area contributed by atoms with Gasteiger partial charge in [-0.3, -0.25) is 25.3 Å². The molecule has 0 spiro atoms. The molecule has 8 nitrogen and oxygen atoms in total. The third-order valence-electron chi connectivity index (χ3n) is 5.07. The fourth-order valence-electron chi connectivity index (χ4n) is 3.51. The number of hydrogen-bond acceptors (Lipinski definition) is 5. The van der Waals surface area contributed by atoms with Crippen molar-refractivity contribution in [1.29, 1.82) is 0 Å². The number of nitrogens with one attached hydrogen (secondary N) is 3. The molecule has 2 aromatic carbocycles. The number of imidazole rings is 1. The molecule has 3 N–H and O–H groups in total. The van der Waals surface area contributed by atoms with Gasteiger partial charge in [0, 0.05) is 26.2 Å². The molecule has 2 amide bonds. The van der Waals surface area contributed by atoms with Gasteiger partial charge in [0.15, 0.2) is 0 Å². The molecule has 30 heavy (non-hydrogen) atoms. The Kier molecular flexibility index (Phi) is 6.15. The van der Waals surface area contributed by atoms with E-state index in [-0.39, 0.29) is 12.5 Å². The van der Waals surface area contributed by atoms with E-state index in [1.54, 1.807) is 24.3 Å². The minimum atomic E-state index is -0.444. The summed E-state index contributed by atoms with van der Waals surface area (Å²) in [5.41, 5.74) is 7.16. The maximum atomic E-state index is 12.3. The molecule has 0 bridgehead atoms. The van der Waals surface area contributed by atoms with Crippen LogP contribution >= 0.6 is 11.6 Å². The van der Waals surface area contributed by atoms with Crippen LogP contribution in [0.2, 0.25) is 5.02 Å². The topological polar surface area (TPSA) is 93.4 Å². The normalized spacial score (nSPS) is 15.0. The molecule has 1 aliphatic rings. The first-order valence-electron chi connectivity index (χ1n) is 9.86. The van der Waals surface area contributed by atoms with Gasteiger partial charge in [-0.15, -0.1) is 0 Å². The van der Waals surface area contributed by atoms with Crippen LogP contribution in [0.1, 0.15) is 16.8 Å². The Morgan fingerprint density at radius 3 is 2.63 bits per heavy atom. The van der Waals surface area contributed by atoms with Crippen LogP contribution in [0.5, 0.6) is 0 Å². The van der Waals surface area contributed by atoms with Gasteiger partial charge in [0.2, 0.25) is 5.95 Å². The highest BCUT2D eigenvalue weighted by Gasteiger charge is 2.19. The molecule has 0 atom stereocenters. The number of nitrogens with zero attached hydrogens (tertiary/aromatic N) is 3. The first-order valence-corrected chi connectivity index (χ1v) is 10.2. The summed E-state index contributed by atoms with van der Waals surface area (Å²) in [6.07, 6.45) is 0.913. The Morgan fingerprint density at radius 2 is 1.80 bits per heavy atom. The molecule has 3 aromatic rings. The van der Waals surface area contributed by atoms with E-state index >= 15 is 0 Å². The van der Waals surface area contributed by atoms with Crippen LogP contribution < -0.4 is 15.8 Å². The second kappa shape index (κ2) is 9.15. The second-order valence-electron chi connectivity index (χ2n) is 7.18. The number of carbonyl (C=O) groups excluding carboxylic acids is 2. The lowest BCUT2D eigenvalue weighted by atomic mass is 10.2. The van der Waals surface area contributed by atoms with Gasteiger partial charge in [-0.25, -0.2) is 4.98 Å². The summed E-state index contributed by atoms with van der Waals surface area (Å²) in [6, 6.07) is 14.6. The van der Waals surface area contributed by atoms with E-state index in [2.05, 4.69) is 30.6 Å². The molecule has 0 saturated carbocycles. The number of amides is 2. The number of para-hydroxylation sites is 2. The Balaban J connectivity index is 1.28. The van der Waals surface area contributed by atoms with E-state index in [4.69, 9.17) is 11.6 Å². The van der Waals surface area contributed by atoms with E-state index in [0.717, 1.165) is 49.6 Å². The summed E-state index contributed by atoms with van der Waals surface area (Å²) >= 11 is 6.00. The summed E-state index contributed by atoms with van der Waals surface area (Å²) in [6.45, 7) is 3.35. The zero-order valence-corrected chi connectivity index (χ0v) is 17.2. The first-order chi connectivity index (χ1) is 14.6. The lowest BCUT2D eigenvalue weighted by molar-refractivity contribution is -0.123. The van der Waals surface area contributed by atoms with E-state index in [1.165, 1.54) is 0 Å². The van der Waals surface area contributed by atoms with Crippen LogP contribution in [0.25, 0.3) is 11.0 Å². The third-order valence-corrected chi connectivity index (χ3v) is 5.40. The van der Waals surface area contributed by atoms with Crippen molar-refractivity contribution >= 4 is 40.4 Å². The molecule has 1 aromatic heterocycles. The summed E-state index contributed by atoms with van der Waals surface area (Å²) in [5, 5.41) is 0.336. The van der Waals surface area contributed by atoms with Gasteiger partial charge in [-0.2, -0.15) is 0 Å². The largest absolute Gasteiger partial charge is 0.341 e. The lowest BCUT2D eigenvalue weighted by Gasteiger charge is -2.21. The van der Waals surface area contributed by atoms with E-state index in [9.17, 15) is 9.59 Å². The predicted octanol–water partition coefficient (Wildman–Crippen LogP) is 2.19. The summed E-state index contributed by atoms with van der Waals surface area (Å²) in [4.78, 5) is 36.7. The smallest absolute Gasteiger partial charge is 0.271 e. The zero-order valence-electron chi connectivity index (χ0n) is 16.4. The fourth-order valence-corrected chi connectivity index (χ4v) is 3.73. The van der Waals surface area contributed by atoms with Crippen LogP contribution in [-0.4, -0.2) is 59.4 Å². The highest BCUT2D eigenvalue weighted by atomic mass is 35.5. The lowest BCUT2D eigenvalue weighted by Crippen LogP contribution is -2.47. The molecule has 156 valence electrons. The summed E-state index contributed by atoms with van der Waals surface area (Å²) < 4.78 is 0. The highest BCUT2D eigenvalue weighted by Crippen LogP contribution is 2.18. The van der Waals surface area contributed by atoms with Crippen LogP contribution in [-0.2, 0) is 4.79 Å². The van der Waals surface area contributed by atoms with Crippen molar-refractivity contribution in [3.63, 3.8) is 0 Å². The minimum absolute atomic E-state index is 0.205. The number of anilines is 1. The maximum Gasteiger partial charge on any atom is 0.271 e. The average Bonchev–Trinajstić information content (AvgIpc) is 3.05. The van der Waals surface area contributed by atoms with Gasteiger partial charge in [-0.1, -0.05) is 35.9 Å². The first kappa shape index (κ1) is 20.2. The van der Waals surface area contributed by atoms with Crippen molar-refractivity contribution < 1.29 is 9.59 Å². The van der Waals surface area contributed by atoms with Crippen molar-refractivity contribution in [3.05, 3.63) is 59.1 Å². The van der Waals surface area contributed by atoms with Gasteiger partial charge in [0.1, 0.15) is 0 Å². The summed E-state index contributed by atoms with van der Waals surface area (Å²) in [5.74, 6) is 0.142. The molecule has 0 aliphatic carbocycles. The number of halogens is 1. The van der Waals surface area contributed by atoms with Crippen LogP contribution in [0.3, 0.4) is 0 Å². The number of aromatic nitrogens is 2. The number of aromatic amines is 1. The number of H-pyrrole nitrogens is 1. The molecular formula is C21H23ClN6O2. The second-order valence-corrected chi connectivity index (χ2v) is 7.58. The third kappa shape index (κ3) is 4.72. The maximum absolute atomic E-state index is 12.3. The molecule has 4 rings (SSSR count). The Bertz CT molecular complexity index is 1020. The van der Waals surface area contributed by atoms with E-state index in [1.807, 2.05) is 24.3 Å². The van der Waals surface area contributed by atoms with E-state index < -0.39 is 5.91 Å². The number of carbonyl (C=O) groups is 2. The van der Waals surface area contributed by atoms with Crippen molar-refractivity contribution in [3.8, 4) is 0 Å². The number of fused-ring (bicyclic) bond motifs is 1.